The van der Waals surface area contributed by atoms with Gasteiger partial charge in [-0.2, -0.15) is 0 Å². The van der Waals surface area contributed by atoms with Crippen molar-refractivity contribution in [3.05, 3.63) is 75.8 Å². The number of amides is 1. The van der Waals surface area contributed by atoms with E-state index in [1.807, 2.05) is 37.3 Å². The molecule has 108 valence electrons. The quantitative estimate of drug-likeness (QED) is 0.675. The van der Waals surface area contributed by atoms with Gasteiger partial charge in [-0.3, -0.25) is 14.9 Å². The maximum absolute atomic E-state index is 12.2. The Labute approximate surface area is 122 Å². The summed E-state index contributed by atoms with van der Waals surface area (Å²) in [6.45, 7) is 1.99. The van der Waals surface area contributed by atoms with Crippen LogP contribution in [-0.4, -0.2) is 10.8 Å². The number of hydrogen-bond donors (Lipinski definition) is 1. The number of non-ortho nitro benzene ring substituents is 1. The lowest BCUT2D eigenvalue weighted by Crippen LogP contribution is -2.28. The first kappa shape index (κ1) is 14.7. The summed E-state index contributed by atoms with van der Waals surface area (Å²) in [5, 5.41) is 13.5. The summed E-state index contributed by atoms with van der Waals surface area (Å²) in [6.07, 6.45) is 0.767. The van der Waals surface area contributed by atoms with Crippen LogP contribution in [0.5, 0.6) is 0 Å². The van der Waals surface area contributed by atoms with Gasteiger partial charge < -0.3 is 5.32 Å². The van der Waals surface area contributed by atoms with Gasteiger partial charge in [0.05, 0.1) is 11.0 Å². The molecule has 2 aromatic rings. The van der Waals surface area contributed by atoms with Crippen LogP contribution in [0.2, 0.25) is 0 Å². The lowest BCUT2D eigenvalue weighted by molar-refractivity contribution is -0.384. The molecule has 0 saturated carbocycles. The van der Waals surface area contributed by atoms with E-state index in [1.165, 1.54) is 24.3 Å². The number of nitrogens with one attached hydrogen (secondary N) is 1. The fraction of sp³-hybridized carbons (Fsp3) is 0.188. The van der Waals surface area contributed by atoms with Crippen molar-refractivity contribution in [2.24, 2.45) is 0 Å². The number of hydrogen-bond acceptors (Lipinski definition) is 3. The molecular weight excluding hydrogens is 268 g/mol. The van der Waals surface area contributed by atoms with Crippen molar-refractivity contribution < 1.29 is 9.72 Å². The summed E-state index contributed by atoms with van der Waals surface area (Å²) < 4.78 is 0. The van der Waals surface area contributed by atoms with Crippen LogP contribution in [0.1, 0.15) is 35.3 Å². The van der Waals surface area contributed by atoms with Crippen LogP contribution in [0.15, 0.2) is 54.6 Å². The first-order chi connectivity index (χ1) is 10.1. The van der Waals surface area contributed by atoms with Crippen LogP contribution in [-0.2, 0) is 0 Å². The third-order valence-electron chi connectivity index (χ3n) is 3.26. The molecule has 1 atom stereocenters. The van der Waals surface area contributed by atoms with E-state index in [2.05, 4.69) is 5.32 Å². The monoisotopic (exact) mass is 284 g/mol. The van der Waals surface area contributed by atoms with Gasteiger partial charge in [0.15, 0.2) is 0 Å². The number of benzene rings is 2. The van der Waals surface area contributed by atoms with Gasteiger partial charge in [0.2, 0.25) is 0 Å². The zero-order valence-electron chi connectivity index (χ0n) is 11.7. The number of nitrogens with zero attached hydrogens (tertiary/aromatic N) is 1. The first-order valence-corrected chi connectivity index (χ1v) is 6.72. The second kappa shape index (κ2) is 6.65. The average molecular weight is 284 g/mol. The Kier molecular flexibility index (Phi) is 4.66. The Morgan fingerprint density at radius 1 is 1.14 bits per heavy atom. The van der Waals surface area contributed by atoms with Crippen LogP contribution >= 0.6 is 0 Å². The molecule has 0 radical (unpaired) electrons. The summed E-state index contributed by atoms with van der Waals surface area (Å²) in [5.74, 6) is -0.236. The van der Waals surface area contributed by atoms with Gasteiger partial charge in [-0.1, -0.05) is 37.3 Å². The first-order valence-electron chi connectivity index (χ1n) is 6.72. The van der Waals surface area contributed by atoms with E-state index >= 15 is 0 Å². The van der Waals surface area contributed by atoms with E-state index in [4.69, 9.17) is 0 Å². The molecule has 1 amide bonds. The van der Waals surface area contributed by atoms with E-state index < -0.39 is 4.92 Å². The molecule has 0 aliphatic rings. The van der Waals surface area contributed by atoms with Gasteiger partial charge in [0.1, 0.15) is 0 Å². The zero-order chi connectivity index (χ0) is 15.2. The molecule has 0 saturated heterocycles. The minimum Gasteiger partial charge on any atom is -0.345 e. The van der Waals surface area contributed by atoms with E-state index in [0.717, 1.165) is 12.0 Å². The van der Waals surface area contributed by atoms with Crippen LogP contribution in [0, 0.1) is 10.1 Å². The maximum atomic E-state index is 12.2. The molecule has 1 N–H and O–H groups in total. The second-order valence-corrected chi connectivity index (χ2v) is 4.65. The largest absolute Gasteiger partial charge is 0.345 e. The molecule has 0 heterocycles. The molecule has 2 rings (SSSR count). The van der Waals surface area contributed by atoms with E-state index in [0.29, 0.717) is 5.56 Å². The number of nitro groups is 1. The smallest absolute Gasteiger partial charge is 0.269 e. The third kappa shape index (κ3) is 3.66. The van der Waals surface area contributed by atoms with Gasteiger partial charge in [0, 0.05) is 17.7 Å². The van der Waals surface area contributed by atoms with Gasteiger partial charge in [-0.05, 0) is 24.1 Å². The highest BCUT2D eigenvalue weighted by molar-refractivity contribution is 5.94. The molecule has 5 nitrogen and oxygen atoms in total. The molecule has 0 aromatic heterocycles. The normalized spacial score (nSPS) is 11.7. The SMILES string of the molecule is CC[C@H](NC(=O)c1ccc([N+](=O)[O-])cc1)c1ccccc1. The molecule has 0 aliphatic carbocycles. The predicted molar refractivity (Wildman–Crippen MR) is 80.0 cm³/mol. The Bertz CT molecular complexity index is 624. The minimum absolute atomic E-state index is 0.0262. The van der Waals surface area contributed by atoms with Crippen LogP contribution in [0.4, 0.5) is 5.69 Å². The molecule has 2 aromatic carbocycles. The van der Waals surface area contributed by atoms with Gasteiger partial charge in [-0.25, -0.2) is 0 Å². The zero-order valence-corrected chi connectivity index (χ0v) is 11.7. The second-order valence-electron chi connectivity index (χ2n) is 4.65. The van der Waals surface area contributed by atoms with Crippen molar-refractivity contribution in [2.75, 3.05) is 0 Å². The number of carbonyl (C=O) groups excluding carboxylic acids is 1. The fourth-order valence-electron chi connectivity index (χ4n) is 2.08. The van der Waals surface area contributed by atoms with E-state index in [9.17, 15) is 14.9 Å². The van der Waals surface area contributed by atoms with Gasteiger partial charge in [-0.15, -0.1) is 0 Å². The maximum Gasteiger partial charge on any atom is 0.269 e. The van der Waals surface area contributed by atoms with Crippen molar-refractivity contribution in [3.8, 4) is 0 Å². The number of nitro benzene ring substituents is 1. The highest BCUT2D eigenvalue weighted by Gasteiger charge is 2.14. The lowest BCUT2D eigenvalue weighted by atomic mass is 10.0. The summed E-state index contributed by atoms with van der Waals surface area (Å²) in [5.41, 5.74) is 1.42. The van der Waals surface area contributed by atoms with Crippen molar-refractivity contribution in [1.82, 2.24) is 5.32 Å². The molecule has 0 aliphatic heterocycles. The van der Waals surface area contributed by atoms with E-state index in [-0.39, 0.29) is 17.6 Å². The molecule has 0 fully saturated rings. The Balaban J connectivity index is 2.11. The van der Waals surface area contributed by atoms with Gasteiger partial charge >= 0.3 is 0 Å². The summed E-state index contributed by atoms with van der Waals surface area (Å²) in [7, 11) is 0. The summed E-state index contributed by atoms with van der Waals surface area (Å²) in [4.78, 5) is 22.3. The Morgan fingerprint density at radius 3 is 2.29 bits per heavy atom. The molecule has 21 heavy (non-hydrogen) atoms. The molecule has 0 bridgehead atoms. The summed E-state index contributed by atoms with van der Waals surface area (Å²) in [6, 6.07) is 15.2. The summed E-state index contributed by atoms with van der Waals surface area (Å²) >= 11 is 0. The average Bonchev–Trinajstić information content (AvgIpc) is 2.53. The standard InChI is InChI=1S/C16H16N2O3/c1-2-15(12-6-4-3-5-7-12)17-16(19)13-8-10-14(11-9-13)18(20)21/h3-11,15H,2H2,1H3,(H,17,19)/t15-/m0/s1. The lowest BCUT2D eigenvalue weighted by Gasteiger charge is -2.17. The fourth-order valence-corrected chi connectivity index (χ4v) is 2.08. The molecular formula is C16H16N2O3. The van der Waals surface area contributed by atoms with Crippen molar-refractivity contribution >= 4 is 11.6 Å². The van der Waals surface area contributed by atoms with Crippen LogP contribution in [0.3, 0.4) is 0 Å². The van der Waals surface area contributed by atoms with Crippen molar-refractivity contribution in [1.29, 1.82) is 0 Å². The molecule has 0 unspecified atom stereocenters. The van der Waals surface area contributed by atoms with Crippen molar-refractivity contribution in [3.63, 3.8) is 0 Å². The highest BCUT2D eigenvalue weighted by Crippen LogP contribution is 2.17. The van der Waals surface area contributed by atoms with Crippen LogP contribution < -0.4 is 5.32 Å². The number of rotatable bonds is 5. The van der Waals surface area contributed by atoms with Gasteiger partial charge in [0.25, 0.3) is 11.6 Å². The third-order valence-corrected chi connectivity index (χ3v) is 3.26. The Hall–Kier alpha value is -2.69. The molecule has 5 heteroatoms. The predicted octanol–water partition coefficient (Wildman–Crippen LogP) is 3.48. The van der Waals surface area contributed by atoms with Crippen molar-refractivity contribution in [2.45, 2.75) is 19.4 Å². The molecule has 0 spiro atoms. The van der Waals surface area contributed by atoms with E-state index in [1.54, 1.807) is 0 Å². The highest BCUT2D eigenvalue weighted by atomic mass is 16.6. The Morgan fingerprint density at radius 2 is 1.76 bits per heavy atom. The number of carbonyl (C=O) groups is 1. The minimum atomic E-state index is -0.486. The van der Waals surface area contributed by atoms with Crippen LogP contribution in [0.25, 0.3) is 0 Å². The topological polar surface area (TPSA) is 72.2 Å².